The lowest BCUT2D eigenvalue weighted by atomic mass is 9.83. The molecule has 4 N–H and O–H groups in total. The Morgan fingerprint density at radius 1 is 0.980 bits per heavy atom. The van der Waals surface area contributed by atoms with E-state index in [1.54, 1.807) is 33.2 Å². The van der Waals surface area contributed by atoms with Crippen molar-refractivity contribution in [1.29, 1.82) is 0 Å². The second-order valence-corrected chi connectivity index (χ2v) is 14.3. The van der Waals surface area contributed by atoms with E-state index in [1.165, 1.54) is 9.80 Å². The zero-order chi connectivity index (χ0) is 37.7. The number of rotatable bonds is 15. The third kappa shape index (κ3) is 11.8. The SMILES string of the molecule is CCCC(NC(=O)[C@@H]1[C@@H](C)CCN1C(=O)[C@@H](NC(=O)OCC(C)C)C1CCCCC1)C(=O)C(=O)NCC(=O)NC(C(=O)N(C)C)=C1C=CC=CC1. The Morgan fingerprint density at radius 2 is 1.69 bits per heavy atom. The molecule has 3 aliphatic rings. The van der Waals surface area contributed by atoms with Crippen molar-refractivity contribution in [3.8, 4) is 0 Å². The van der Waals surface area contributed by atoms with Crippen molar-refractivity contribution in [1.82, 2.24) is 31.1 Å². The molecule has 0 aromatic rings. The number of Topliss-reactive ketones (excluding diaryl/α,β-unsaturated/α-hetero) is 1. The predicted octanol–water partition coefficient (Wildman–Crippen LogP) is 2.50. The van der Waals surface area contributed by atoms with Crippen LogP contribution >= 0.6 is 0 Å². The fourth-order valence-electron chi connectivity index (χ4n) is 6.63. The first-order chi connectivity index (χ1) is 24.2. The Kier molecular flexibility index (Phi) is 15.9. The van der Waals surface area contributed by atoms with Gasteiger partial charge in [-0.2, -0.15) is 0 Å². The Hall–Kier alpha value is -4.49. The highest BCUT2D eigenvalue weighted by Crippen LogP contribution is 2.31. The molecular weight excluding hydrogens is 656 g/mol. The first kappa shape index (κ1) is 40.9. The highest BCUT2D eigenvalue weighted by Gasteiger charge is 2.45. The largest absolute Gasteiger partial charge is 0.449 e. The van der Waals surface area contributed by atoms with Gasteiger partial charge in [-0.1, -0.05) is 77.7 Å². The highest BCUT2D eigenvalue weighted by molar-refractivity contribution is 6.38. The van der Waals surface area contributed by atoms with Gasteiger partial charge in [-0.25, -0.2) is 4.79 Å². The quantitative estimate of drug-likeness (QED) is 0.148. The number of carbonyl (C=O) groups is 7. The number of likely N-dealkylation sites (tertiary alicyclic amines) is 1. The maximum absolute atomic E-state index is 14.1. The summed E-state index contributed by atoms with van der Waals surface area (Å²) in [7, 11) is 3.11. The number of amides is 6. The number of carbonyl (C=O) groups excluding carboxylic acids is 7. The number of allylic oxidation sites excluding steroid dienone is 5. The third-order valence-corrected chi connectivity index (χ3v) is 9.39. The van der Waals surface area contributed by atoms with E-state index in [-0.39, 0.29) is 42.4 Å². The van der Waals surface area contributed by atoms with Gasteiger partial charge in [0, 0.05) is 20.6 Å². The molecule has 0 aromatic heterocycles. The molecule has 1 heterocycles. The molecular formula is C37H56N6O8. The van der Waals surface area contributed by atoms with Crippen LogP contribution < -0.4 is 21.3 Å². The van der Waals surface area contributed by atoms with E-state index < -0.39 is 60.2 Å². The van der Waals surface area contributed by atoms with Crippen LogP contribution in [0.25, 0.3) is 0 Å². The number of hydrogen-bond donors (Lipinski definition) is 4. The van der Waals surface area contributed by atoms with Crippen molar-refractivity contribution < 1.29 is 38.3 Å². The van der Waals surface area contributed by atoms with Crippen molar-refractivity contribution in [2.45, 2.75) is 104 Å². The second kappa shape index (κ2) is 19.8. The molecule has 0 spiro atoms. The number of nitrogens with zero attached hydrogens (tertiary/aromatic N) is 2. The predicted molar refractivity (Wildman–Crippen MR) is 191 cm³/mol. The van der Waals surface area contributed by atoms with Gasteiger partial charge >= 0.3 is 6.09 Å². The van der Waals surface area contributed by atoms with Gasteiger partial charge in [-0.3, -0.25) is 28.8 Å². The molecule has 4 atom stereocenters. The van der Waals surface area contributed by atoms with Gasteiger partial charge in [-0.05, 0) is 55.4 Å². The Labute approximate surface area is 301 Å². The van der Waals surface area contributed by atoms with Crippen molar-refractivity contribution in [3.05, 3.63) is 35.6 Å². The van der Waals surface area contributed by atoms with Crippen LogP contribution in [0.3, 0.4) is 0 Å². The monoisotopic (exact) mass is 712 g/mol. The zero-order valence-electron chi connectivity index (χ0n) is 30.9. The van der Waals surface area contributed by atoms with Gasteiger partial charge < -0.3 is 35.8 Å². The van der Waals surface area contributed by atoms with E-state index in [9.17, 15) is 33.6 Å². The molecule has 1 saturated heterocycles. The molecule has 1 unspecified atom stereocenters. The fraction of sp³-hybridized carbons (Fsp3) is 0.649. The standard InChI is InChI=1S/C37H56N6O8/c1-7-14-27(32(45)34(47)38-21-28(44)40-29(35(48)42(5)6)25-15-10-8-11-16-25)39-33(46)31-24(4)19-20-43(31)36(49)30(26-17-12-9-13-18-26)41-37(50)51-22-23(2)3/h8,10-11,15,23-24,26-27,30-31H,7,9,12-14,16-22H2,1-6H3,(H,38,47)(H,39,46)(H,40,44)(H,41,50)/t24-,27?,30-,31-/m0/s1. The lowest BCUT2D eigenvalue weighted by Crippen LogP contribution is -2.59. The van der Waals surface area contributed by atoms with Crippen LogP contribution in [-0.4, -0.2) is 103 Å². The lowest BCUT2D eigenvalue weighted by molar-refractivity contribution is -0.144. The summed E-state index contributed by atoms with van der Waals surface area (Å²) in [6, 6.07) is -2.96. The van der Waals surface area contributed by atoms with Gasteiger partial charge in [-0.15, -0.1) is 0 Å². The number of nitrogens with one attached hydrogen (secondary N) is 4. The Morgan fingerprint density at radius 3 is 2.29 bits per heavy atom. The van der Waals surface area contributed by atoms with Crippen LogP contribution in [-0.2, 0) is 33.5 Å². The van der Waals surface area contributed by atoms with Gasteiger partial charge in [0.15, 0.2) is 0 Å². The van der Waals surface area contributed by atoms with Crippen LogP contribution in [0, 0.1) is 17.8 Å². The Bertz CT molecular complexity index is 1400. The van der Waals surface area contributed by atoms with Crippen molar-refractivity contribution >= 4 is 41.4 Å². The molecule has 14 heteroatoms. The number of ketones is 1. The minimum atomic E-state index is -1.19. The lowest BCUT2D eigenvalue weighted by Gasteiger charge is -2.35. The van der Waals surface area contributed by atoms with E-state index in [4.69, 9.17) is 4.74 Å². The van der Waals surface area contributed by atoms with Crippen LogP contribution in [0.15, 0.2) is 35.6 Å². The summed E-state index contributed by atoms with van der Waals surface area (Å²) in [6.07, 6.45) is 12.5. The highest BCUT2D eigenvalue weighted by atomic mass is 16.5. The molecule has 0 bridgehead atoms. The summed E-state index contributed by atoms with van der Waals surface area (Å²) >= 11 is 0. The fourth-order valence-corrected chi connectivity index (χ4v) is 6.63. The number of hydrogen-bond acceptors (Lipinski definition) is 8. The van der Waals surface area contributed by atoms with Gasteiger partial charge in [0.05, 0.1) is 19.2 Å². The molecule has 3 rings (SSSR count). The minimum Gasteiger partial charge on any atom is -0.449 e. The average molecular weight is 713 g/mol. The van der Waals surface area contributed by atoms with E-state index in [2.05, 4.69) is 21.3 Å². The molecule has 1 aliphatic heterocycles. The first-order valence-corrected chi connectivity index (χ1v) is 18.2. The molecule has 2 fully saturated rings. The Balaban J connectivity index is 1.68. The maximum Gasteiger partial charge on any atom is 0.407 e. The van der Waals surface area contributed by atoms with Crippen LogP contribution in [0.5, 0.6) is 0 Å². The van der Waals surface area contributed by atoms with Crippen molar-refractivity contribution in [2.75, 3.05) is 33.8 Å². The maximum atomic E-state index is 14.1. The number of ether oxygens (including phenoxy) is 1. The summed E-state index contributed by atoms with van der Waals surface area (Å²) in [6.45, 7) is 7.42. The number of likely N-dealkylation sites (N-methyl/N-ethyl adjacent to an activating group) is 1. The van der Waals surface area contributed by atoms with E-state index in [1.807, 2.05) is 32.9 Å². The van der Waals surface area contributed by atoms with E-state index in [0.717, 1.165) is 32.1 Å². The first-order valence-electron chi connectivity index (χ1n) is 18.2. The summed E-state index contributed by atoms with van der Waals surface area (Å²) in [5, 5.41) is 10.4. The molecule has 1 saturated carbocycles. The smallest absolute Gasteiger partial charge is 0.407 e. The average Bonchev–Trinajstić information content (AvgIpc) is 3.51. The summed E-state index contributed by atoms with van der Waals surface area (Å²) < 4.78 is 5.34. The van der Waals surface area contributed by atoms with Crippen LogP contribution in [0.2, 0.25) is 0 Å². The van der Waals surface area contributed by atoms with Gasteiger partial charge in [0.25, 0.3) is 11.8 Å². The summed E-state index contributed by atoms with van der Waals surface area (Å²) in [4.78, 5) is 95.3. The minimum absolute atomic E-state index is 0.0699. The summed E-state index contributed by atoms with van der Waals surface area (Å²) in [5.74, 6) is -4.27. The molecule has 0 aromatic carbocycles. The number of alkyl carbamates (subject to hydrolysis) is 1. The summed E-state index contributed by atoms with van der Waals surface area (Å²) in [5.41, 5.74) is 0.665. The molecule has 6 amide bonds. The third-order valence-electron chi connectivity index (χ3n) is 9.39. The van der Waals surface area contributed by atoms with E-state index in [0.29, 0.717) is 31.4 Å². The zero-order valence-corrected chi connectivity index (χ0v) is 30.9. The van der Waals surface area contributed by atoms with Gasteiger partial charge in [0.1, 0.15) is 17.8 Å². The normalized spacial score (nSPS) is 21.0. The second-order valence-electron chi connectivity index (χ2n) is 14.3. The molecule has 282 valence electrons. The van der Waals surface area contributed by atoms with E-state index >= 15 is 0 Å². The van der Waals surface area contributed by atoms with Crippen LogP contribution in [0.4, 0.5) is 4.79 Å². The molecule has 51 heavy (non-hydrogen) atoms. The van der Waals surface area contributed by atoms with Crippen molar-refractivity contribution in [2.24, 2.45) is 17.8 Å². The van der Waals surface area contributed by atoms with Crippen LogP contribution in [0.1, 0.15) is 85.5 Å². The topological polar surface area (TPSA) is 183 Å². The molecule has 14 nitrogen and oxygen atoms in total. The molecule has 0 radical (unpaired) electrons. The van der Waals surface area contributed by atoms with Crippen molar-refractivity contribution in [3.63, 3.8) is 0 Å². The molecule has 2 aliphatic carbocycles. The van der Waals surface area contributed by atoms with Gasteiger partial charge in [0.2, 0.25) is 23.5 Å².